The molecule has 0 aromatic heterocycles. The third-order valence-corrected chi connectivity index (χ3v) is 2.18. The topological polar surface area (TPSA) is 87.7 Å². The van der Waals surface area contributed by atoms with Crippen molar-refractivity contribution >= 4 is 46.8 Å². The molecular formula is C7H9Cl3N2O4. The summed E-state index contributed by atoms with van der Waals surface area (Å²) < 4.78 is 2.85. The van der Waals surface area contributed by atoms with Gasteiger partial charge in [-0.15, -0.1) is 0 Å². The van der Waals surface area contributed by atoms with E-state index in [4.69, 9.17) is 39.9 Å². The average molecular weight is 292 g/mol. The van der Waals surface area contributed by atoms with Gasteiger partial charge in [0.05, 0.1) is 12.6 Å². The highest BCUT2D eigenvalue weighted by atomic mass is 35.6. The molecule has 0 radical (unpaired) electrons. The minimum absolute atomic E-state index is 0.277. The molecule has 9 heteroatoms. The largest absolute Gasteiger partial charge is 0.445 e. The van der Waals surface area contributed by atoms with Crippen molar-refractivity contribution in [3.63, 3.8) is 0 Å². The molecule has 6 nitrogen and oxygen atoms in total. The average Bonchev–Trinajstić information content (AvgIpc) is 2.18. The van der Waals surface area contributed by atoms with Crippen molar-refractivity contribution in [1.82, 2.24) is 10.6 Å². The van der Waals surface area contributed by atoms with Crippen LogP contribution >= 0.6 is 34.8 Å². The first-order valence-electron chi connectivity index (χ1n) is 4.25. The summed E-state index contributed by atoms with van der Waals surface area (Å²) in [7, 11) is 0. The lowest BCUT2D eigenvalue weighted by atomic mass is 10.0. The molecule has 1 saturated heterocycles. The van der Waals surface area contributed by atoms with Crippen LogP contribution < -0.4 is 10.6 Å². The summed E-state index contributed by atoms with van der Waals surface area (Å²) in [5.74, 6) is -0.398. The van der Waals surface area contributed by atoms with Crippen LogP contribution in [0.2, 0.25) is 0 Å². The maximum absolute atomic E-state index is 11.1. The Balaban J connectivity index is 2.31. The number of amides is 2. The summed E-state index contributed by atoms with van der Waals surface area (Å²) >= 11 is 16.1. The summed E-state index contributed by atoms with van der Waals surface area (Å²) in [5, 5.41) is 13.4. The van der Waals surface area contributed by atoms with Crippen molar-refractivity contribution in [2.24, 2.45) is 0 Å². The van der Waals surface area contributed by atoms with E-state index in [-0.39, 0.29) is 6.61 Å². The fraction of sp³-hybridized carbons (Fsp3) is 0.714. The molecule has 92 valence electrons. The zero-order chi connectivity index (χ0) is 12.3. The number of nitrogens with one attached hydrogen (secondary N) is 2. The Kier molecular flexibility index (Phi) is 4.49. The molecule has 0 unspecified atom stereocenters. The molecule has 0 bridgehead atoms. The van der Waals surface area contributed by atoms with E-state index in [2.05, 4.69) is 15.4 Å². The predicted octanol–water partition coefficient (Wildman–Crippen LogP) is -0.0579. The lowest BCUT2D eigenvalue weighted by molar-refractivity contribution is -0.132. The van der Waals surface area contributed by atoms with Gasteiger partial charge >= 0.3 is 6.09 Å². The number of hydrogen-bond acceptors (Lipinski definition) is 4. The number of carbonyl (C=O) groups is 2. The van der Waals surface area contributed by atoms with Crippen LogP contribution in [0.25, 0.3) is 0 Å². The molecule has 0 aromatic carbocycles. The maximum Gasteiger partial charge on any atom is 0.408 e. The first-order valence-corrected chi connectivity index (χ1v) is 5.38. The quantitative estimate of drug-likeness (QED) is 0.502. The van der Waals surface area contributed by atoms with E-state index in [1.54, 1.807) is 0 Å². The number of carbonyl (C=O) groups excluding carboxylic acids is 2. The lowest BCUT2D eigenvalue weighted by Crippen LogP contribution is -2.70. The predicted molar refractivity (Wildman–Crippen MR) is 57.6 cm³/mol. The molecule has 3 N–H and O–H groups in total. The highest BCUT2D eigenvalue weighted by Crippen LogP contribution is 2.25. The SMILES string of the molecule is O=C(N[C@H]1C(=O)N[C@H]1CO)OCC(Cl)(Cl)Cl. The Morgan fingerprint density at radius 3 is 2.62 bits per heavy atom. The first kappa shape index (κ1) is 13.6. The Labute approximate surface area is 106 Å². The Morgan fingerprint density at radius 2 is 2.19 bits per heavy atom. The van der Waals surface area contributed by atoms with Gasteiger partial charge < -0.3 is 20.5 Å². The van der Waals surface area contributed by atoms with Crippen molar-refractivity contribution in [3.8, 4) is 0 Å². The van der Waals surface area contributed by atoms with E-state index in [0.717, 1.165) is 0 Å². The molecule has 2 atom stereocenters. The zero-order valence-corrected chi connectivity index (χ0v) is 10.1. The van der Waals surface area contributed by atoms with Gasteiger partial charge in [0.25, 0.3) is 0 Å². The number of aliphatic hydroxyl groups excluding tert-OH is 1. The Morgan fingerprint density at radius 1 is 1.56 bits per heavy atom. The number of rotatable bonds is 3. The smallest absolute Gasteiger partial charge is 0.408 e. The monoisotopic (exact) mass is 290 g/mol. The van der Waals surface area contributed by atoms with Crippen LogP contribution in [0.1, 0.15) is 0 Å². The number of aliphatic hydroxyl groups is 1. The van der Waals surface area contributed by atoms with E-state index >= 15 is 0 Å². The van der Waals surface area contributed by atoms with Crippen LogP contribution in [-0.4, -0.2) is 46.2 Å². The van der Waals surface area contributed by atoms with Crippen LogP contribution in [0, 0.1) is 0 Å². The summed E-state index contributed by atoms with van der Waals surface area (Å²) in [5.41, 5.74) is 0. The van der Waals surface area contributed by atoms with Crippen molar-refractivity contribution in [1.29, 1.82) is 0 Å². The van der Waals surface area contributed by atoms with E-state index in [1.807, 2.05) is 0 Å². The highest BCUT2D eigenvalue weighted by Gasteiger charge is 2.40. The molecule has 0 saturated carbocycles. The van der Waals surface area contributed by atoms with E-state index in [1.165, 1.54) is 0 Å². The number of hydrogen-bond donors (Lipinski definition) is 3. The van der Waals surface area contributed by atoms with Gasteiger partial charge in [0.2, 0.25) is 9.70 Å². The van der Waals surface area contributed by atoms with Crippen molar-refractivity contribution in [3.05, 3.63) is 0 Å². The fourth-order valence-corrected chi connectivity index (χ4v) is 1.24. The molecule has 0 spiro atoms. The van der Waals surface area contributed by atoms with E-state index in [0.29, 0.717) is 0 Å². The van der Waals surface area contributed by atoms with Gasteiger partial charge in [-0.2, -0.15) is 0 Å². The second kappa shape index (κ2) is 5.27. The second-order valence-corrected chi connectivity index (χ2v) is 5.63. The first-order chi connectivity index (χ1) is 7.33. The van der Waals surface area contributed by atoms with Gasteiger partial charge in [0.1, 0.15) is 12.6 Å². The summed E-state index contributed by atoms with van der Waals surface area (Å²) in [6.07, 6.45) is -0.885. The normalized spacial score (nSPS) is 24.4. The van der Waals surface area contributed by atoms with E-state index < -0.39 is 34.5 Å². The molecule has 1 fully saturated rings. The van der Waals surface area contributed by atoms with Crippen LogP contribution in [0.3, 0.4) is 0 Å². The highest BCUT2D eigenvalue weighted by molar-refractivity contribution is 6.67. The molecule has 0 aliphatic carbocycles. The van der Waals surface area contributed by atoms with Crippen molar-refractivity contribution < 1.29 is 19.4 Å². The van der Waals surface area contributed by atoms with Crippen molar-refractivity contribution in [2.75, 3.05) is 13.2 Å². The maximum atomic E-state index is 11.1. The standard InChI is InChI=1S/C7H9Cl3N2O4/c8-7(9,10)2-16-6(15)12-4-3(1-13)11-5(4)14/h3-4,13H,1-2H2,(H,11,14)(H,12,15)/t3-,4+/m0/s1. The van der Waals surface area contributed by atoms with Gasteiger partial charge in [-0.05, 0) is 0 Å². The van der Waals surface area contributed by atoms with Gasteiger partial charge in [-0.3, -0.25) is 4.79 Å². The van der Waals surface area contributed by atoms with Crippen molar-refractivity contribution in [2.45, 2.75) is 15.9 Å². The third kappa shape index (κ3) is 3.86. The van der Waals surface area contributed by atoms with Gasteiger partial charge in [-0.1, -0.05) is 34.8 Å². The summed E-state index contributed by atoms with van der Waals surface area (Å²) in [6.45, 7) is -0.706. The molecule has 1 aliphatic rings. The second-order valence-electron chi connectivity index (χ2n) is 3.11. The van der Waals surface area contributed by atoms with Gasteiger partial charge in [-0.25, -0.2) is 4.79 Å². The zero-order valence-electron chi connectivity index (χ0n) is 7.87. The third-order valence-electron chi connectivity index (χ3n) is 1.85. The van der Waals surface area contributed by atoms with E-state index in [9.17, 15) is 9.59 Å². The lowest BCUT2D eigenvalue weighted by Gasteiger charge is -2.35. The molecule has 0 aromatic rings. The molecule has 1 heterocycles. The van der Waals surface area contributed by atoms with Crippen LogP contribution in [0.15, 0.2) is 0 Å². The number of halogens is 3. The molecule has 2 amide bonds. The minimum Gasteiger partial charge on any atom is -0.445 e. The molecular weight excluding hydrogens is 282 g/mol. The fourth-order valence-electron chi connectivity index (χ4n) is 1.08. The minimum atomic E-state index is -1.70. The van der Waals surface area contributed by atoms with Crippen LogP contribution in [-0.2, 0) is 9.53 Å². The van der Waals surface area contributed by atoms with Crippen LogP contribution in [0.5, 0.6) is 0 Å². The molecule has 1 rings (SSSR count). The number of alkyl carbamates (subject to hydrolysis) is 1. The van der Waals surface area contributed by atoms with Crippen LogP contribution in [0.4, 0.5) is 4.79 Å². The van der Waals surface area contributed by atoms with Gasteiger partial charge in [0, 0.05) is 0 Å². The summed E-state index contributed by atoms with van der Waals surface area (Å²) in [6, 6.07) is -1.32. The number of alkyl halides is 3. The molecule has 1 aliphatic heterocycles. The Hall–Kier alpha value is -0.430. The molecule has 16 heavy (non-hydrogen) atoms. The number of β-lactam (4-membered cyclic amide) rings is 1. The Bertz CT molecular complexity index is 294. The summed E-state index contributed by atoms with van der Waals surface area (Å²) in [4.78, 5) is 22.1. The van der Waals surface area contributed by atoms with Gasteiger partial charge in [0.15, 0.2) is 0 Å². The number of ether oxygens (including phenoxy) is 1.